The number of hydrogen-bond acceptors (Lipinski definition) is 12. The first-order valence-electron chi connectivity index (χ1n) is 29.1. The SMILES string of the molecule is CCCCCC1c2cc3c(cc2OC)OCCOCCOCCOc2cc(OC)c(cc21)C(CCCCC)c1cc2c(OC)cc1OCCOCCOCCOc1cc(OC)c(cc1C2CCCCC)C3CCCCC. The molecular formula is C64H92O12. The summed E-state index contributed by atoms with van der Waals surface area (Å²) in [5, 5.41) is 0. The molecule has 1 aliphatic carbocycles. The Morgan fingerprint density at radius 2 is 0.500 bits per heavy atom. The number of ether oxygens (including phenoxy) is 12. The van der Waals surface area contributed by atoms with Gasteiger partial charge in [0.25, 0.3) is 0 Å². The van der Waals surface area contributed by atoms with E-state index in [0.717, 1.165) is 193 Å². The highest BCUT2D eigenvalue weighted by Gasteiger charge is 2.35. The Morgan fingerprint density at radius 3 is 0.697 bits per heavy atom. The van der Waals surface area contributed by atoms with Crippen LogP contribution in [0.5, 0.6) is 46.0 Å². The largest absolute Gasteiger partial charge is 0.496 e. The summed E-state index contributed by atoms with van der Waals surface area (Å²) < 4.78 is 78.4. The van der Waals surface area contributed by atoms with Gasteiger partial charge in [-0.25, -0.2) is 0 Å². The van der Waals surface area contributed by atoms with Crippen molar-refractivity contribution in [3.05, 3.63) is 93.0 Å². The molecule has 0 amide bonds. The lowest BCUT2D eigenvalue weighted by molar-refractivity contribution is 0.0271. The van der Waals surface area contributed by atoms with Crippen LogP contribution >= 0.6 is 0 Å². The third-order valence-electron chi connectivity index (χ3n) is 15.5. The highest BCUT2D eigenvalue weighted by molar-refractivity contribution is 5.63. The maximum absolute atomic E-state index is 6.95. The topological polar surface area (TPSA) is 111 Å². The molecule has 12 heteroatoms. The van der Waals surface area contributed by atoms with Crippen molar-refractivity contribution in [3.63, 3.8) is 0 Å². The van der Waals surface area contributed by atoms with Gasteiger partial charge in [0.15, 0.2) is 0 Å². The molecule has 4 aliphatic rings. The standard InChI is InChI=1S/C64H92O12/c1-9-13-17-21-45-49-37-55-48(24-20-16-12-4)52-40-54-46(22-18-14-10-2)50-38-56(64(42-58(50)66-6)76-36-32-72-28-26-70-30-34-74-62(54)44-60(52)68-8)47(23-19-15-11-3)51-39-53(45)61(43-59(51)67-7)73-33-29-69-25-27-71-31-35-75-63(55)41-57(49)65-5/h37-48H,9-36H2,1-8H3. The van der Waals surface area contributed by atoms with E-state index in [4.69, 9.17) is 56.8 Å². The van der Waals surface area contributed by atoms with E-state index in [1.165, 1.54) is 0 Å². The summed E-state index contributed by atoms with van der Waals surface area (Å²) in [6.45, 7) is 13.9. The van der Waals surface area contributed by atoms with Gasteiger partial charge in [0.2, 0.25) is 0 Å². The molecule has 10 bridgehead atoms. The lowest BCUT2D eigenvalue weighted by atomic mass is 9.76. The van der Waals surface area contributed by atoms with Gasteiger partial charge in [0.1, 0.15) is 72.4 Å². The van der Waals surface area contributed by atoms with Crippen molar-refractivity contribution in [2.75, 3.05) is 108 Å². The van der Waals surface area contributed by atoms with Crippen molar-refractivity contribution in [3.8, 4) is 46.0 Å². The lowest BCUT2D eigenvalue weighted by Gasteiger charge is -2.32. The minimum atomic E-state index is -0.144. The summed E-state index contributed by atoms with van der Waals surface area (Å²) in [5.41, 5.74) is 8.70. The molecular weight excluding hydrogens is 961 g/mol. The van der Waals surface area contributed by atoms with Crippen molar-refractivity contribution in [1.29, 1.82) is 0 Å². The molecule has 0 saturated carbocycles. The van der Waals surface area contributed by atoms with E-state index in [-0.39, 0.29) is 23.7 Å². The summed E-state index contributed by atoms with van der Waals surface area (Å²) in [6.07, 6.45) is 16.1. The minimum Gasteiger partial charge on any atom is -0.496 e. The normalized spacial score (nSPS) is 19.5. The summed E-state index contributed by atoms with van der Waals surface area (Å²) in [6, 6.07) is 18.2. The highest BCUT2D eigenvalue weighted by Crippen LogP contribution is 2.54. The van der Waals surface area contributed by atoms with E-state index in [1.807, 2.05) is 0 Å². The molecule has 12 nitrogen and oxygen atoms in total. The van der Waals surface area contributed by atoms with Gasteiger partial charge in [-0.1, -0.05) is 105 Å². The first kappa shape index (κ1) is 58.8. The summed E-state index contributed by atoms with van der Waals surface area (Å²) in [7, 11) is 7.13. The zero-order valence-corrected chi connectivity index (χ0v) is 47.6. The zero-order valence-electron chi connectivity index (χ0n) is 47.6. The van der Waals surface area contributed by atoms with E-state index in [1.54, 1.807) is 28.4 Å². The molecule has 3 heterocycles. The van der Waals surface area contributed by atoms with Crippen LogP contribution in [0.25, 0.3) is 0 Å². The van der Waals surface area contributed by atoms with Gasteiger partial charge in [-0.05, 0) is 49.9 Å². The number of unbranched alkanes of at least 4 members (excludes halogenated alkanes) is 8. The molecule has 4 aromatic rings. The van der Waals surface area contributed by atoms with Crippen molar-refractivity contribution in [2.24, 2.45) is 0 Å². The van der Waals surface area contributed by atoms with Gasteiger partial charge < -0.3 is 56.8 Å². The molecule has 0 aromatic heterocycles. The van der Waals surface area contributed by atoms with E-state index >= 15 is 0 Å². The second-order valence-electron chi connectivity index (χ2n) is 20.6. The van der Waals surface area contributed by atoms with Crippen LogP contribution in [-0.2, 0) is 18.9 Å². The molecule has 0 radical (unpaired) electrons. The highest BCUT2D eigenvalue weighted by atomic mass is 16.6. The number of hydrogen-bond donors (Lipinski definition) is 0. The van der Waals surface area contributed by atoms with E-state index in [2.05, 4.69) is 76.2 Å². The Kier molecular flexibility index (Phi) is 24.4. The molecule has 3 aliphatic heterocycles. The maximum Gasteiger partial charge on any atom is 0.126 e. The second kappa shape index (κ2) is 31.5. The van der Waals surface area contributed by atoms with Gasteiger partial charge in [-0.3, -0.25) is 0 Å². The second-order valence-corrected chi connectivity index (χ2v) is 20.6. The zero-order chi connectivity index (χ0) is 53.5. The quantitative estimate of drug-likeness (QED) is 0.0621. The number of fused-ring (bicyclic) bond motifs is 12. The summed E-state index contributed by atoms with van der Waals surface area (Å²) in [5.74, 6) is 5.59. The smallest absolute Gasteiger partial charge is 0.126 e. The van der Waals surface area contributed by atoms with E-state index < -0.39 is 0 Å². The minimum absolute atomic E-state index is 0.137. The van der Waals surface area contributed by atoms with E-state index in [9.17, 15) is 0 Å². The Labute approximate surface area is 456 Å². The fraction of sp³-hybridized carbons (Fsp3) is 0.625. The Bertz CT molecular complexity index is 2190. The van der Waals surface area contributed by atoms with Gasteiger partial charge in [0.05, 0.1) is 81.3 Å². The predicted molar refractivity (Wildman–Crippen MR) is 301 cm³/mol. The summed E-state index contributed by atoms with van der Waals surface area (Å²) in [4.78, 5) is 0. The van der Waals surface area contributed by atoms with Crippen LogP contribution < -0.4 is 37.9 Å². The van der Waals surface area contributed by atoms with Gasteiger partial charge in [-0.2, -0.15) is 0 Å². The molecule has 4 aromatic carbocycles. The fourth-order valence-electron chi connectivity index (χ4n) is 11.6. The van der Waals surface area contributed by atoms with Crippen LogP contribution in [0, 0.1) is 0 Å². The number of benzene rings is 4. The molecule has 0 saturated heterocycles. The molecule has 4 unspecified atom stereocenters. The predicted octanol–water partition coefficient (Wildman–Crippen LogP) is 14.5. The Hall–Kier alpha value is -4.88. The fourth-order valence-corrected chi connectivity index (χ4v) is 11.6. The van der Waals surface area contributed by atoms with Gasteiger partial charge in [-0.15, -0.1) is 0 Å². The third kappa shape index (κ3) is 15.2. The van der Waals surface area contributed by atoms with Gasteiger partial charge in [0, 0.05) is 92.4 Å². The molecule has 0 N–H and O–H groups in total. The molecule has 76 heavy (non-hydrogen) atoms. The average Bonchev–Trinajstić information content (AvgIpc) is 3.46. The molecule has 420 valence electrons. The van der Waals surface area contributed by atoms with Crippen LogP contribution in [0.1, 0.15) is 199 Å². The van der Waals surface area contributed by atoms with Crippen molar-refractivity contribution in [2.45, 2.75) is 154 Å². The number of rotatable bonds is 20. The first-order chi connectivity index (χ1) is 37.4. The van der Waals surface area contributed by atoms with Crippen molar-refractivity contribution >= 4 is 0 Å². The number of methoxy groups -OCH3 is 4. The van der Waals surface area contributed by atoms with Crippen molar-refractivity contribution < 1.29 is 56.8 Å². The Balaban J connectivity index is 1.69. The molecule has 0 fully saturated rings. The van der Waals surface area contributed by atoms with E-state index in [0.29, 0.717) is 79.3 Å². The molecule has 4 atom stereocenters. The molecule has 8 rings (SSSR count). The van der Waals surface area contributed by atoms with Crippen LogP contribution in [-0.4, -0.2) is 108 Å². The lowest BCUT2D eigenvalue weighted by Crippen LogP contribution is -2.16. The van der Waals surface area contributed by atoms with Crippen molar-refractivity contribution in [1.82, 2.24) is 0 Å². The van der Waals surface area contributed by atoms with Crippen LogP contribution in [0.2, 0.25) is 0 Å². The van der Waals surface area contributed by atoms with Gasteiger partial charge >= 0.3 is 0 Å². The Morgan fingerprint density at radius 1 is 0.289 bits per heavy atom. The summed E-state index contributed by atoms with van der Waals surface area (Å²) >= 11 is 0. The van der Waals surface area contributed by atoms with Crippen LogP contribution in [0.3, 0.4) is 0 Å². The van der Waals surface area contributed by atoms with Crippen LogP contribution in [0.4, 0.5) is 0 Å². The third-order valence-corrected chi connectivity index (χ3v) is 15.5. The maximum atomic E-state index is 6.95. The monoisotopic (exact) mass is 1050 g/mol. The average molecular weight is 1050 g/mol. The first-order valence-corrected chi connectivity index (χ1v) is 29.1. The molecule has 0 spiro atoms. The van der Waals surface area contributed by atoms with Crippen LogP contribution in [0.15, 0.2) is 48.5 Å².